The van der Waals surface area contributed by atoms with Crippen LogP contribution in [0.1, 0.15) is 10.4 Å². The first-order valence-corrected chi connectivity index (χ1v) is 6.69. The Hall–Kier alpha value is -2.68. The van der Waals surface area contributed by atoms with Gasteiger partial charge in [-0.25, -0.2) is 4.79 Å². The van der Waals surface area contributed by atoms with Gasteiger partial charge in [-0.15, -0.1) is 12.6 Å². The molecule has 116 valence electrons. The summed E-state index contributed by atoms with van der Waals surface area (Å²) in [5, 5.41) is 16.3. The van der Waals surface area contributed by atoms with Gasteiger partial charge in [0.15, 0.2) is 6.61 Å². The Kier molecular flexibility index (Phi) is 4.89. The summed E-state index contributed by atoms with van der Waals surface area (Å²) in [5.74, 6) is -1.78. The minimum Gasteiger partial charge on any atom is -0.481 e. The van der Waals surface area contributed by atoms with E-state index in [2.05, 4.69) is 28.6 Å². The molecular weight excluding hydrogens is 310 g/mol. The molecule has 2 rings (SSSR count). The number of carboxylic acid groups (broad SMARTS) is 1. The number of para-hydroxylation sites is 1. The molecule has 22 heavy (non-hydrogen) atoms. The van der Waals surface area contributed by atoms with Gasteiger partial charge in [0.2, 0.25) is 5.91 Å². The molecule has 0 saturated carbocycles. The van der Waals surface area contributed by atoms with Crippen LogP contribution in [0.2, 0.25) is 0 Å². The number of hydrogen-bond donors (Lipinski definition) is 5. The van der Waals surface area contributed by atoms with Crippen LogP contribution in [0.3, 0.4) is 0 Å². The third kappa shape index (κ3) is 4.16. The predicted molar refractivity (Wildman–Crippen MR) is 79.2 cm³/mol. The summed E-state index contributed by atoms with van der Waals surface area (Å²) >= 11 is 4.04. The second-order valence-corrected chi connectivity index (χ2v) is 4.76. The van der Waals surface area contributed by atoms with Crippen molar-refractivity contribution < 1.29 is 24.2 Å². The monoisotopic (exact) mass is 323 g/mol. The maximum atomic E-state index is 12.2. The SMILES string of the molecule is O=C(O)COc1ccccc1C(=O)NC1=CC(=O)NC(S)N1. The molecule has 1 aliphatic heterocycles. The zero-order valence-corrected chi connectivity index (χ0v) is 12.1. The first-order valence-electron chi connectivity index (χ1n) is 6.17. The van der Waals surface area contributed by atoms with Gasteiger partial charge in [-0.05, 0) is 12.1 Å². The van der Waals surface area contributed by atoms with Gasteiger partial charge in [-0.2, -0.15) is 0 Å². The van der Waals surface area contributed by atoms with Gasteiger partial charge in [0.1, 0.15) is 17.1 Å². The molecule has 9 heteroatoms. The molecule has 1 atom stereocenters. The molecule has 2 amide bonds. The molecule has 1 aromatic carbocycles. The highest BCUT2D eigenvalue weighted by molar-refractivity contribution is 7.80. The highest BCUT2D eigenvalue weighted by Gasteiger charge is 2.19. The van der Waals surface area contributed by atoms with Crippen molar-refractivity contribution in [3.63, 3.8) is 0 Å². The second-order valence-electron chi connectivity index (χ2n) is 4.25. The number of carbonyl (C=O) groups excluding carboxylic acids is 2. The van der Waals surface area contributed by atoms with Gasteiger partial charge in [-0.1, -0.05) is 12.1 Å². The lowest BCUT2D eigenvalue weighted by atomic mass is 10.2. The van der Waals surface area contributed by atoms with Gasteiger partial charge in [0, 0.05) is 6.08 Å². The number of amides is 2. The highest BCUT2D eigenvalue weighted by Crippen LogP contribution is 2.18. The van der Waals surface area contributed by atoms with E-state index >= 15 is 0 Å². The van der Waals surface area contributed by atoms with Crippen molar-refractivity contribution in [2.45, 2.75) is 5.50 Å². The van der Waals surface area contributed by atoms with Crippen LogP contribution < -0.4 is 20.7 Å². The third-order valence-corrected chi connectivity index (χ3v) is 2.84. The average molecular weight is 323 g/mol. The minimum absolute atomic E-state index is 0.130. The summed E-state index contributed by atoms with van der Waals surface area (Å²) in [5.41, 5.74) is -0.473. The fraction of sp³-hybridized carbons (Fsp3) is 0.154. The Morgan fingerprint density at radius 1 is 1.32 bits per heavy atom. The van der Waals surface area contributed by atoms with Crippen molar-refractivity contribution in [3.8, 4) is 5.75 Å². The molecule has 8 nitrogen and oxygen atoms in total. The van der Waals surface area contributed by atoms with E-state index in [0.717, 1.165) is 0 Å². The minimum atomic E-state index is -1.15. The number of aliphatic carboxylic acids is 1. The average Bonchev–Trinajstić information content (AvgIpc) is 2.44. The lowest BCUT2D eigenvalue weighted by Crippen LogP contribution is -2.49. The second kappa shape index (κ2) is 6.85. The van der Waals surface area contributed by atoms with Gasteiger partial charge in [0.25, 0.3) is 5.91 Å². The van der Waals surface area contributed by atoms with Crippen LogP contribution in [-0.4, -0.2) is 35.0 Å². The van der Waals surface area contributed by atoms with Crippen LogP contribution in [0.4, 0.5) is 0 Å². The Balaban J connectivity index is 2.12. The fourth-order valence-corrected chi connectivity index (χ4v) is 1.98. The molecule has 0 aliphatic carbocycles. The van der Waals surface area contributed by atoms with Crippen molar-refractivity contribution in [1.82, 2.24) is 16.0 Å². The summed E-state index contributed by atoms with van der Waals surface area (Å²) in [7, 11) is 0. The number of thiol groups is 1. The number of nitrogens with one attached hydrogen (secondary N) is 3. The van der Waals surface area contributed by atoms with Crippen LogP contribution >= 0.6 is 12.6 Å². The van der Waals surface area contributed by atoms with E-state index < -0.39 is 29.9 Å². The van der Waals surface area contributed by atoms with Gasteiger partial charge < -0.3 is 25.8 Å². The Morgan fingerprint density at radius 2 is 2.05 bits per heavy atom. The van der Waals surface area contributed by atoms with Gasteiger partial charge in [-0.3, -0.25) is 9.59 Å². The topological polar surface area (TPSA) is 117 Å². The number of hydrogen-bond acceptors (Lipinski definition) is 6. The Bertz CT molecular complexity index is 646. The maximum Gasteiger partial charge on any atom is 0.341 e. The number of carbonyl (C=O) groups is 3. The molecule has 0 aromatic heterocycles. The molecule has 0 spiro atoms. The van der Waals surface area contributed by atoms with E-state index in [9.17, 15) is 14.4 Å². The Labute approximate surface area is 130 Å². The van der Waals surface area contributed by atoms with E-state index in [1.54, 1.807) is 12.1 Å². The lowest BCUT2D eigenvalue weighted by molar-refractivity contribution is -0.139. The number of ether oxygens (including phenoxy) is 1. The summed E-state index contributed by atoms with van der Waals surface area (Å²) in [6.07, 6.45) is 1.17. The van der Waals surface area contributed by atoms with E-state index in [-0.39, 0.29) is 17.1 Å². The number of benzene rings is 1. The zero-order chi connectivity index (χ0) is 16.1. The van der Waals surface area contributed by atoms with E-state index in [4.69, 9.17) is 9.84 Å². The van der Waals surface area contributed by atoms with E-state index in [1.165, 1.54) is 18.2 Å². The zero-order valence-electron chi connectivity index (χ0n) is 11.2. The van der Waals surface area contributed by atoms with Crippen molar-refractivity contribution in [1.29, 1.82) is 0 Å². The normalized spacial score (nSPS) is 16.9. The maximum absolute atomic E-state index is 12.2. The van der Waals surface area contributed by atoms with Crippen molar-refractivity contribution >= 4 is 30.4 Å². The summed E-state index contributed by atoms with van der Waals surface area (Å²) in [6.45, 7) is -0.563. The number of carboxylic acids is 1. The van der Waals surface area contributed by atoms with Crippen molar-refractivity contribution in [3.05, 3.63) is 41.7 Å². The molecule has 0 radical (unpaired) electrons. The summed E-state index contributed by atoms with van der Waals surface area (Å²) < 4.78 is 5.06. The van der Waals surface area contributed by atoms with Crippen LogP contribution in [0.5, 0.6) is 5.75 Å². The molecule has 0 bridgehead atoms. The largest absolute Gasteiger partial charge is 0.481 e. The predicted octanol–water partition coefficient (Wildman–Crippen LogP) is -0.346. The Morgan fingerprint density at radius 3 is 2.73 bits per heavy atom. The molecular formula is C13H13N3O5S. The third-order valence-electron chi connectivity index (χ3n) is 2.58. The van der Waals surface area contributed by atoms with Gasteiger partial charge in [0.05, 0.1) is 5.56 Å². The van der Waals surface area contributed by atoms with Crippen LogP contribution in [-0.2, 0) is 9.59 Å². The smallest absolute Gasteiger partial charge is 0.341 e. The van der Waals surface area contributed by atoms with Crippen LogP contribution in [0, 0.1) is 0 Å². The number of rotatable bonds is 5. The van der Waals surface area contributed by atoms with E-state index in [1.807, 2.05) is 0 Å². The molecule has 4 N–H and O–H groups in total. The molecule has 1 heterocycles. The van der Waals surface area contributed by atoms with Crippen molar-refractivity contribution in [2.24, 2.45) is 0 Å². The standard InChI is InChI=1S/C13H13N3O5S/c17-10-5-9(15-13(22)16-10)14-12(20)7-3-1-2-4-8(7)21-6-11(18)19/h1-5,13,15,22H,6H2,(H,14,20)(H,16,17)(H,18,19). The molecule has 1 aliphatic rings. The highest BCUT2D eigenvalue weighted by atomic mass is 32.1. The lowest BCUT2D eigenvalue weighted by Gasteiger charge is -2.23. The summed E-state index contributed by atoms with van der Waals surface area (Å²) in [6, 6.07) is 6.19. The van der Waals surface area contributed by atoms with E-state index in [0.29, 0.717) is 0 Å². The summed E-state index contributed by atoms with van der Waals surface area (Å²) in [4.78, 5) is 34.1. The molecule has 0 saturated heterocycles. The van der Waals surface area contributed by atoms with Crippen molar-refractivity contribution in [2.75, 3.05) is 6.61 Å². The quantitative estimate of drug-likeness (QED) is 0.473. The van der Waals surface area contributed by atoms with Gasteiger partial charge >= 0.3 is 5.97 Å². The molecule has 1 aromatic rings. The van der Waals surface area contributed by atoms with Crippen LogP contribution in [0.25, 0.3) is 0 Å². The molecule has 1 unspecified atom stereocenters. The first-order chi connectivity index (χ1) is 10.5. The molecule has 0 fully saturated rings. The fourth-order valence-electron chi connectivity index (χ4n) is 1.71. The van der Waals surface area contributed by atoms with Crippen LogP contribution in [0.15, 0.2) is 36.2 Å². The first kappa shape index (κ1) is 15.7.